The van der Waals surface area contributed by atoms with Crippen molar-refractivity contribution in [2.45, 2.75) is 108 Å². The molecule has 0 saturated carbocycles. The lowest BCUT2D eigenvalue weighted by atomic mass is 9.98. The molecule has 6 atom stereocenters. The molecule has 0 bridgehead atoms. The van der Waals surface area contributed by atoms with Crippen molar-refractivity contribution in [3.63, 3.8) is 0 Å². The summed E-state index contributed by atoms with van der Waals surface area (Å²) in [4.78, 5) is 53.3. The topological polar surface area (TPSA) is 149 Å². The van der Waals surface area contributed by atoms with Crippen LogP contribution in [0, 0.1) is 0 Å². The molecular formula is C28H41N5O6. The first-order valence-electron chi connectivity index (χ1n) is 14.0. The molecule has 0 aliphatic carbocycles. The first-order valence-corrected chi connectivity index (χ1v) is 14.0. The normalized spacial score (nSPS) is 27.7. The van der Waals surface area contributed by atoms with E-state index in [1.54, 1.807) is 18.9 Å². The van der Waals surface area contributed by atoms with Crippen molar-refractivity contribution in [3.8, 4) is 0 Å². The summed E-state index contributed by atoms with van der Waals surface area (Å²) in [6.45, 7) is 2.35. The highest BCUT2D eigenvalue weighted by Gasteiger charge is 2.43. The Morgan fingerprint density at radius 1 is 1.00 bits per heavy atom. The number of hydrogen-bond donors (Lipinski definition) is 5. The van der Waals surface area contributed by atoms with Gasteiger partial charge in [-0.3, -0.25) is 19.2 Å². The molecule has 3 fully saturated rings. The van der Waals surface area contributed by atoms with Gasteiger partial charge >= 0.3 is 0 Å². The van der Waals surface area contributed by atoms with Crippen LogP contribution in [0.4, 0.5) is 0 Å². The van der Waals surface area contributed by atoms with E-state index in [1.165, 1.54) is 0 Å². The number of likely N-dealkylation sites (N-methyl/N-ethyl adjacent to an activating group) is 1. The van der Waals surface area contributed by atoms with E-state index >= 15 is 0 Å². The molecule has 1 aromatic rings. The molecule has 1 aromatic carbocycles. The molecule has 4 rings (SSSR count). The average molecular weight is 544 g/mol. The van der Waals surface area contributed by atoms with Crippen LogP contribution in [0.1, 0.15) is 69.4 Å². The fraction of sp³-hybridized carbons (Fsp3) is 0.643. The van der Waals surface area contributed by atoms with Crippen molar-refractivity contribution in [2.24, 2.45) is 0 Å². The number of ether oxygens (including phenoxy) is 1. The number of nitrogens with one attached hydrogen (secondary N) is 4. The predicted molar refractivity (Wildman–Crippen MR) is 143 cm³/mol. The number of aliphatic hydroxyl groups is 1. The van der Waals surface area contributed by atoms with Gasteiger partial charge in [0.1, 0.15) is 18.2 Å². The molecule has 3 heterocycles. The molecule has 3 aliphatic heterocycles. The van der Waals surface area contributed by atoms with Crippen LogP contribution in [-0.4, -0.2) is 77.2 Å². The molecule has 1 unspecified atom stereocenters. The van der Waals surface area contributed by atoms with Gasteiger partial charge in [0.05, 0.1) is 6.04 Å². The zero-order valence-corrected chi connectivity index (χ0v) is 22.8. The largest absolute Gasteiger partial charge is 0.368 e. The zero-order valence-electron chi connectivity index (χ0n) is 22.8. The van der Waals surface area contributed by atoms with Gasteiger partial charge < -0.3 is 36.0 Å². The summed E-state index contributed by atoms with van der Waals surface area (Å²) in [5.74, 6) is -0.854. The second kappa shape index (κ2) is 13.4. The van der Waals surface area contributed by atoms with Crippen molar-refractivity contribution in [3.05, 3.63) is 35.4 Å². The van der Waals surface area contributed by atoms with Crippen LogP contribution >= 0.6 is 0 Å². The fourth-order valence-corrected chi connectivity index (χ4v) is 5.62. The minimum Gasteiger partial charge on any atom is -0.368 e. The standard InChI is InChI=1S/C28H41N5O6/c1-17(29-2)25(35)32-21-9-4-3-8-20-10-11-22(33(20)28(21)38)26(36)30-15-18-6-5-7-19(14-18)16-31-27(37)23-12-13-24(34)39-23/h5-7,14,17,20-24,29,34H,3-4,8-13,15-16H2,1-2H3,(H,30,36)(H,31,37)(H,32,35)/t17-,20-,21-,22-,23-,24?/m0/s1. The molecule has 3 saturated heterocycles. The van der Waals surface area contributed by atoms with Gasteiger partial charge in [-0.05, 0) is 57.2 Å². The number of carbonyl (C=O) groups excluding carboxylic acids is 4. The van der Waals surface area contributed by atoms with E-state index in [-0.39, 0.29) is 29.7 Å². The molecule has 5 N–H and O–H groups in total. The maximum absolute atomic E-state index is 13.6. The summed E-state index contributed by atoms with van der Waals surface area (Å²) >= 11 is 0. The Morgan fingerprint density at radius 3 is 2.36 bits per heavy atom. The maximum Gasteiger partial charge on any atom is 0.249 e. The van der Waals surface area contributed by atoms with Gasteiger partial charge in [0, 0.05) is 25.6 Å². The molecule has 11 nitrogen and oxygen atoms in total. The zero-order chi connectivity index (χ0) is 27.9. The van der Waals surface area contributed by atoms with E-state index in [0.717, 1.165) is 36.8 Å². The van der Waals surface area contributed by atoms with E-state index < -0.39 is 30.5 Å². The molecule has 3 aliphatic rings. The molecule has 214 valence electrons. The van der Waals surface area contributed by atoms with Gasteiger partial charge in [0.15, 0.2) is 6.29 Å². The van der Waals surface area contributed by atoms with Crippen molar-refractivity contribution in [1.29, 1.82) is 0 Å². The highest BCUT2D eigenvalue weighted by atomic mass is 16.6. The summed E-state index contributed by atoms with van der Waals surface area (Å²) in [6.07, 6.45) is 4.02. The number of aliphatic hydroxyl groups excluding tert-OH is 1. The number of carbonyl (C=O) groups is 4. The summed E-state index contributed by atoms with van der Waals surface area (Å²) in [5, 5.41) is 21.1. The molecule has 4 amide bonds. The fourth-order valence-electron chi connectivity index (χ4n) is 5.62. The van der Waals surface area contributed by atoms with Crippen LogP contribution in [0.3, 0.4) is 0 Å². The average Bonchev–Trinajstić information content (AvgIpc) is 3.56. The minimum absolute atomic E-state index is 0.00609. The highest BCUT2D eigenvalue weighted by molar-refractivity contribution is 5.93. The number of rotatable bonds is 9. The van der Waals surface area contributed by atoms with Gasteiger partial charge in [-0.15, -0.1) is 0 Å². The Hall–Kier alpha value is -3.02. The summed E-state index contributed by atoms with van der Waals surface area (Å²) < 4.78 is 5.19. The van der Waals surface area contributed by atoms with Crippen molar-refractivity contribution >= 4 is 23.6 Å². The van der Waals surface area contributed by atoms with Gasteiger partial charge in [-0.2, -0.15) is 0 Å². The maximum atomic E-state index is 13.6. The van der Waals surface area contributed by atoms with Crippen LogP contribution in [0.2, 0.25) is 0 Å². The minimum atomic E-state index is -0.886. The molecule has 0 aromatic heterocycles. The quantitative estimate of drug-likeness (QED) is 0.304. The van der Waals surface area contributed by atoms with Gasteiger partial charge in [-0.25, -0.2) is 0 Å². The van der Waals surface area contributed by atoms with Crippen molar-refractivity contribution in [2.75, 3.05) is 7.05 Å². The first-order chi connectivity index (χ1) is 18.8. The van der Waals surface area contributed by atoms with E-state index in [2.05, 4.69) is 21.3 Å². The summed E-state index contributed by atoms with van der Waals surface area (Å²) in [6, 6.07) is 5.97. The van der Waals surface area contributed by atoms with Gasteiger partial charge in [0.25, 0.3) is 0 Å². The lowest BCUT2D eigenvalue weighted by Crippen LogP contribution is -2.57. The van der Waals surface area contributed by atoms with Crippen LogP contribution < -0.4 is 21.3 Å². The third-order valence-electron chi connectivity index (χ3n) is 8.00. The summed E-state index contributed by atoms with van der Waals surface area (Å²) in [5.41, 5.74) is 1.75. The lowest BCUT2D eigenvalue weighted by Gasteiger charge is -2.35. The molecule has 11 heteroatoms. The second-order valence-corrected chi connectivity index (χ2v) is 10.8. The Balaban J connectivity index is 1.33. The summed E-state index contributed by atoms with van der Waals surface area (Å²) in [7, 11) is 1.70. The number of fused-ring (bicyclic) bond motifs is 1. The number of hydrogen-bond acceptors (Lipinski definition) is 7. The van der Waals surface area contributed by atoms with Gasteiger partial charge in [0.2, 0.25) is 23.6 Å². The number of amides is 4. The molecule has 0 radical (unpaired) electrons. The highest BCUT2D eigenvalue weighted by Crippen LogP contribution is 2.31. The predicted octanol–water partition coefficient (Wildman–Crippen LogP) is 0.443. The molecule has 0 spiro atoms. The third-order valence-corrected chi connectivity index (χ3v) is 8.00. The van der Waals surface area contributed by atoms with E-state index in [1.807, 2.05) is 24.3 Å². The van der Waals surface area contributed by atoms with E-state index in [4.69, 9.17) is 4.74 Å². The smallest absolute Gasteiger partial charge is 0.249 e. The Morgan fingerprint density at radius 2 is 1.69 bits per heavy atom. The SMILES string of the molecule is CN[C@@H](C)C(=O)N[C@H]1CCCC[C@H]2CC[C@@H](C(=O)NCc3cccc(CNC(=O)[C@@H]4CCC(O)O4)c3)N2C1=O. The van der Waals surface area contributed by atoms with Gasteiger partial charge in [-0.1, -0.05) is 37.1 Å². The van der Waals surface area contributed by atoms with E-state index in [9.17, 15) is 24.3 Å². The number of nitrogens with zero attached hydrogens (tertiary/aromatic N) is 1. The third kappa shape index (κ3) is 7.34. The Kier molecular flexibility index (Phi) is 9.93. The Labute approximate surface area is 229 Å². The molecular weight excluding hydrogens is 502 g/mol. The lowest BCUT2D eigenvalue weighted by molar-refractivity contribution is -0.144. The van der Waals surface area contributed by atoms with Crippen LogP contribution in [-0.2, 0) is 37.0 Å². The Bertz CT molecular complexity index is 1050. The second-order valence-electron chi connectivity index (χ2n) is 10.8. The van der Waals surface area contributed by atoms with Crippen molar-refractivity contribution < 1.29 is 29.0 Å². The first kappa shape index (κ1) is 29.0. The van der Waals surface area contributed by atoms with Crippen molar-refractivity contribution in [1.82, 2.24) is 26.2 Å². The number of benzene rings is 1. The van der Waals surface area contributed by atoms with Crippen LogP contribution in [0.25, 0.3) is 0 Å². The molecule has 39 heavy (non-hydrogen) atoms. The van der Waals surface area contributed by atoms with Crippen LogP contribution in [0.15, 0.2) is 24.3 Å². The monoisotopic (exact) mass is 543 g/mol. The van der Waals surface area contributed by atoms with E-state index in [0.29, 0.717) is 38.8 Å². The van der Waals surface area contributed by atoms with Crippen LogP contribution in [0.5, 0.6) is 0 Å².